The fourth-order valence-electron chi connectivity index (χ4n) is 0.683. The highest BCUT2D eigenvalue weighted by Crippen LogP contribution is 1.94. The first kappa shape index (κ1) is 8.88. The summed E-state index contributed by atoms with van der Waals surface area (Å²) in [5.74, 6) is 0. The summed E-state index contributed by atoms with van der Waals surface area (Å²) in [4.78, 5) is 0. The molecule has 1 atom stereocenters. The van der Waals surface area contributed by atoms with Crippen LogP contribution in [-0.4, -0.2) is 26.9 Å². The third-order valence-electron chi connectivity index (χ3n) is 1.28. The van der Waals surface area contributed by atoms with Crippen LogP contribution in [0.4, 0.5) is 0 Å². The van der Waals surface area contributed by atoms with E-state index in [0.717, 1.165) is 19.4 Å². The maximum absolute atomic E-state index is 5.30. The van der Waals surface area contributed by atoms with Gasteiger partial charge in [-0.1, -0.05) is 0 Å². The van der Waals surface area contributed by atoms with Crippen molar-refractivity contribution in [1.29, 1.82) is 0 Å². The summed E-state index contributed by atoms with van der Waals surface area (Å²) in [6, 6.07) is 0. The van der Waals surface area contributed by atoms with Crippen LogP contribution in [0.5, 0.6) is 0 Å². The lowest BCUT2D eigenvalue weighted by molar-refractivity contribution is 0.0725. The molecule has 0 aliphatic rings. The molecule has 0 bridgehead atoms. The molecule has 0 aromatic carbocycles. The molecule has 0 spiro atoms. The van der Waals surface area contributed by atoms with E-state index in [4.69, 9.17) is 10.5 Å². The van der Waals surface area contributed by atoms with Crippen LogP contribution in [0.3, 0.4) is 0 Å². The van der Waals surface area contributed by atoms with Crippen molar-refractivity contribution < 1.29 is 4.74 Å². The summed E-state index contributed by atoms with van der Waals surface area (Å²) in [7, 11) is 3.57. The molecule has 3 nitrogen and oxygen atoms in total. The highest BCUT2D eigenvalue weighted by Gasteiger charge is 1.99. The molecular weight excluding hydrogens is 116 g/mol. The van der Waals surface area contributed by atoms with E-state index in [1.165, 1.54) is 0 Å². The van der Waals surface area contributed by atoms with Crippen LogP contribution in [0.25, 0.3) is 0 Å². The van der Waals surface area contributed by atoms with Gasteiger partial charge in [0.15, 0.2) is 0 Å². The molecule has 3 heteroatoms. The minimum Gasteiger partial charge on any atom is -0.367 e. The van der Waals surface area contributed by atoms with E-state index in [9.17, 15) is 0 Å². The Bertz CT molecular complexity index is 55.0. The molecule has 0 aromatic heterocycles. The van der Waals surface area contributed by atoms with Crippen molar-refractivity contribution in [3.05, 3.63) is 0 Å². The highest BCUT2D eigenvalue weighted by molar-refractivity contribution is 4.50. The molecule has 0 saturated carbocycles. The van der Waals surface area contributed by atoms with E-state index in [2.05, 4.69) is 5.32 Å². The molecule has 0 fully saturated rings. The van der Waals surface area contributed by atoms with Crippen molar-refractivity contribution in [2.45, 2.75) is 19.1 Å². The molecule has 9 heavy (non-hydrogen) atoms. The van der Waals surface area contributed by atoms with E-state index in [1.54, 1.807) is 7.11 Å². The van der Waals surface area contributed by atoms with Crippen LogP contribution in [0.1, 0.15) is 12.8 Å². The SMILES string of the molecule is CN[C@@H](CCCN)OC. The third kappa shape index (κ3) is 4.39. The molecule has 0 aliphatic heterocycles. The number of methoxy groups -OCH3 is 1. The Morgan fingerprint density at radius 2 is 2.33 bits per heavy atom. The van der Waals surface area contributed by atoms with E-state index < -0.39 is 0 Å². The molecule has 0 saturated heterocycles. The average Bonchev–Trinajstić information content (AvgIpc) is 1.91. The van der Waals surface area contributed by atoms with Crippen LogP contribution >= 0.6 is 0 Å². The molecule has 0 aliphatic carbocycles. The average molecular weight is 132 g/mol. The van der Waals surface area contributed by atoms with Crippen molar-refractivity contribution in [3.8, 4) is 0 Å². The Labute approximate surface area is 56.6 Å². The quantitative estimate of drug-likeness (QED) is 0.514. The van der Waals surface area contributed by atoms with Gasteiger partial charge < -0.3 is 10.5 Å². The van der Waals surface area contributed by atoms with Gasteiger partial charge in [-0.3, -0.25) is 5.32 Å². The Morgan fingerprint density at radius 3 is 2.67 bits per heavy atom. The first-order valence-electron chi connectivity index (χ1n) is 3.25. The normalized spacial score (nSPS) is 13.7. The summed E-state index contributed by atoms with van der Waals surface area (Å²) in [6.45, 7) is 0.738. The fourth-order valence-corrected chi connectivity index (χ4v) is 0.683. The molecule has 0 amide bonds. The molecule has 0 heterocycles. The summed E-state index contributed by atoms with van der Waals surface area (Å²) in [6.07, 6.45) is 2.18. The molecule has 3 N–H and O–H groups in total. The number of ether oxygens (including phenoxy) is 1. The van der Waals surface area contributed by atoms with E-state index in [1.807, 2.05) is 7.05 Å². The third-order valence-corrected chi connectivity index (χ3v) is 1.28. The van der Waals surface area contributed by atoms with Crippen LogP contribution in [-0.2, 0) is 4.74 Å². The van der Waals surface area contributed by atoms with Crippen molar-refractivity contribution in [3.63, 3.8) is 0 Å². The zero-order chi connectivity index (χ0) is 7.11. The topological polar surface area (TPSA) is 47.3 Å². The van der Waals surface area contributed by atoms with Gasteiger partial charge in [0.1, 0.15) is 6.23 Å². The maximum Gasteiger partial charge on any atom is 0.107 e. The molecule has 0 radical (unpaired) electrons. The first-order valence-corrected chi connectivity index (χ1v) is 3.25. The van der Waals surface area contributed by atoms with Gasteiger partial charge in [-0.2, -0.15) is 0 Å². The second-order valence-electron chi connectivity index (χ2n) is 1.94. The van der Waals surface area contributed by atoms with Crippen LogP contribution < -0.4 is 11.1 Å². The molecule has 0 aromatic rings. The van der Waals surface area contributed by atoms with Crippen molar-refractivity contribution in [1.82, 2.24) is 5.32 Å². The second kappa shape index (κ2) is 6.01. The van der Waals surface area contributed by atoms with Gasteiger partial charge in [0.2, 0.25) is 0 Å². The molecular formula is C6H16N2O. The Kier molecular flexibility index (Phi) is 5.93. The summed E-state index contributed by atoms with van der Waals surface area (Å²) in [5.41, 5.74) is 5.30. The zero-order valence-electron chi connectivity index (χ0n) is 6.18. The number of nitrogens with two attached hydrogens (primary N) is 1. The largest absolute Gasteiger partial charge is 0.367 e. The van der Waals surface area contributed by atoms with E-state index in [0.29, 0.717) is 0 Å². The van der Waals surface area contributed by atoms with Gasteiger partial charge >= 0.3 is 0 Å². The summed E-state index contributed by atoms with van der Waals surface area (Å²) < 4.78 is 5.03. The molecule has 0 unspecified atom stereocenters. The zero-order valence-corrected chi connectivity index (χ0v) is 6.18. The van der Waals surface area contributed by atoms with Crippen molar-refractivity contribution in [2.24, 2.45) is 5.73 Å². The highest BCUT2D eigenvalue weighted by atomic mass is 16.5. The van der Waals surface area contributed by atoms with Gasteiger partial charge in [-0.05, 0) is 26.4 Å². The number of nitrogens with one attached hydrogen (secondary N) is 1. The lowest BCUT2D eigenvalue weighted by Crippen LogP contribution is -2.27. The second-order valence-corrected chi connectivity index (χ2v) is 1.94. The standard InChI is InChI=1S/C6H16N2O/c1-8-6(9-2)4-3-5-7/h6,8H,3-5,7H2,1-2H3/t6-/m1/s1. The van der Waals surface area contributed by atoms with Gasteiger partial charge in [0.05, 0.1) is 0 Å². The predicted molar refractivity (Wildman–Crippen MR) is 38.1 cm³/mol. The Morgan fingerprint density at radius 1 is 1.67 bits per heavy atom. The van der Waals surface area contributed by atoms with E-state index in [-0.39, 0.29) is 6.23 Å². The van der Waals surface area contributed by atoms with E-state index >= 15 is 0 Å². The lowest BCUT2D eigenvalue weighted by atomic mass is 10.3. The predicted octanol–water partition coefficient (Wildman–Crippen LogP) is -0.0828. The van der Waals surface area contributed by atoms with Crippen molar-refractivity contribution in [2.75, 3.05) is 20.7 Å². The van der Waals surface area contributed by atoms with Crippen LogP contribution in [0, 0.1) is 0 Å². The smallest absolute Gasteiger partial charge is 0.107 e. The minimum absolute atomic E-state index is 0.175. The van der Waals surface area contributed by atoms with Crippen LogP contribution in [0.15, 0.2) is 0 Å². The molecule has 0 rings (SSSR count). The summed E-state index contributed by atoms with van der Waals surface area (Å²) in [5, 5.41) is 3.01. The minimum atomic E-state index is 0.175. The lowest BCUT2D eigenvalue weighted by Gasteiger charge is -2.12. The van der Waals surface area contributed by atoms with Gasteiger partial charge in [0.25, 0.3) is 0 Å². The number of hydrogen-bond acceptors (Lipinski definition) is 3. The van der Waals surface area contributed by atoms with Gasteiger partial charge in [-0.25, -0.2) is 0 Å². The fraction of sp³-hybridized carbons (Fsp3) is 1.00. The van der Waals surface area contributed by atoms with Gasteiger partial charge in [0, 0.05) is 7.11 Å². The van der Waals surface area contributed by atoms with Crippen molar-refractivity contribution >= 4 is 0 Å². The van der Waals surface area contributed by atoms with Gasteiger partial charge in [-0.15, -0.1) is 0 Å². The summed E-state index contributed by atoms with van der Waals surface area (Å²) >= 11 is 0. The maximum atomic E-state index is 5.30. The number of hydrogen-bond donors (Lipinski definition) is 2. The van der Waals surface area contributed by atoms with Crippen LogP contribution in [0.2, 0.25) is 0 Å². The first-order chi connectivity index (χ1) is 4.35. The Balaban J connectivity index is 3.09. The number of rotatable bonds is 5. The Hall–Kier alpha value is -0.120. The molecule has 56 valence electrons. The monoisotopic (exact) mass is 132 g/mol.